The summed E-state index contributed by atoms with van der Waals surface area (Å²) in [7, 11) is 1.36. The highest BCUT2D eigenvalue weighted by atomic mass is 32.2. The molecule has 0 aromatic heterocycles. The zero-order valence-electron chi connectivity index (χ0n) is 20.5. The van der Waals surface area contributed by atoms with Gasteiger partial charge in [-0.1, -0.05) is 6.07 Å². The molecule has 4 rings (SSSR count). The number of nitriles is 1. The second kappa shape index (κ2) is 12.3. The van der Waals surface area contributed by atoms with Crippen LogP contribution in [0.3, 0.4) is 0 Å². The van der Waals surface area contributed by atoms with Crippen LogP contribution in [0.25, 0.3) is 6.08 Å². The Balaban J connectivity index is 1.40. The van der Waals surface area contributed by atoms with Gasteiger partial charge in [-0.3, -0.25) is 9.69 Å². The third-order valence-electron chi connectivity index (χ3n) is 5.77. The molecular weight excluding hydrogens is 521 g/mol. The van der Waals surface area contributed by atoms with Crippen LogP contribution < -0.4 is 14.8 Å². The van der Waals surface area contributed by atoms with Gasteiger partial charge in [-0.2, -0.15) is 23.4 Å². The van der Waals surface area contributed by atoms with E-state index in [4.69, 9.17) is 19.5 Å². The standard InChI is InChI=1S/C26H25F3N4O4S/c1-35-22-14-17(3-6-21(22)37-20-5-4-18(16-30)13-19(20)26(27,28)29)15-23-24(34)32-25(38-23)31-7-2-8-33-9-11-36-12-10-33/h3-6,13-15H,2,7-12H2,1H3,(H,31,32,34). The summed E-state index contributed by atoms with van der Waals surface area (Å²) in [5.74, 6) is -0.610. The number of nitrogens with one attached hydrogen (secondary N) is 1. The van der Waals surface area contributed by atoms with E-state index in [1.54, 1.807) is 24.3 Å². The summed E-state index contributed by atoms with van der Waals surface area (Å²) >= 11 is 1.22. The third-order valence-corrected chi connectivity index (χ3v) is 6.71. The van der Waals surface area contributed by atoms with Crippen molar-refractivity contribution < 1.29 is 32.2 Å². The van der Waals surface area contributed by atoms with Crippen molar-refractivity contribution in [2.45, 2.75) is 12.6 Å². The number of alkyl halides is 3. The Bertz CT molecular complexity index is 1280. The number of hydrogen-bond donors (Lipinski definition) is 1. The number of ether oxygens (including phenoxy) is 3. The molecule has 2 aliphatic heterocycles. The van der Waals surface area contributed by atoms with Crippen molar-refractivity contribution in [3.8, 4) is 23.3 Å². The van der Waals surface area contributed by atoms with E-state index in [1.807, 2.05) is 0 Å². The first-order valence-electron chi connectivity index (χ1n) is 11.8. The summed E-state index contributed by atoms with van der Waals surface area (Å²) in [6.45, 7) is 4.96. The molecule has 2 aromatic rings. The van der Waals surface area contributed by atoms with Crippen molar-refractivity contribution in [3.05, 3.63) is 58.0 Å². The lowest BCUT2D eigenvalue weighted by Crippen LogP contribution is -2.37. The van der Waals surface area contributed by atoms with Crippen molar-refractivity contribution in [1.82, 2.24) is 10.2 Å². The van der Waals surface area contributed by atoms with Gasteiger partial charge in [0.15, 0.2) is 16.7 Å². The van der Waals surface area contributed by atoms with Gasteiger partial charge < -0.3 is 19.5 Å². The Hall–Kier alpha value is -3.53. The first kappa shape index (κ1) is 27.5. The van der Waals surface area contributed by atoms with E-state index in [1.165, 1.54) is 31.0 Å². The third kappa shape index (κ3) is 7.06. The van der Waals surface area contributed by atoms with Gasteiger partial charge in [-0.05, 0) is 66.7 Å². The molecule has 2 aliphatic rings. The number of nitrogens with zero attached hydrogens (tertiary/aromatic N) is 3. The minimum Gasteiger partial charge on any atom is -0.493 e. The van der Waals surface area contributed by atoms with Crippen LogP contribution in [0.15, 0.2) is 46.3 Å². The molecule has 200 valence electrons. The summed E-state index contributed by atoms with van der Waals surface area (Å²) < 4.78 is 56.7. The van der Waals surface area contributed by atoms with Gasteiger partial charge in [-0.15, -0.1) is 0 Å². The van der Waals surface area contributed by atoms with E-state index in [2.05, 4.69) is 15.2 Å². The molecule has 12 heteroatoms. The van der Waals surface area contributed by atoms with Crippen LogP contribution in [0.2, 0.25) is 0 Å². The van der Waals surface area contributed by atoms with Gasteiger partial charge in [0.2, 0.25) is 0 Å². The second-order valence-electron chi connectivity index (χ2n) is 8.40. The highest BCUT2D eigenvalue weighted by Crippen LogP contribution is 2.41. The number of amides is 1. The molecule has 0 bridgehead atoms. The molecule has 0 saturated carbocycles. The fourth-order valence-corrected chi connectivity index (χ4v) is 4.68. The lowest BCUT2D eigenvalue weighted by atomic mass is 10.1. The molecule has 0 atom stereocenters. The number of benzene rings is 2. The smallest absolute Gasteiger partial charge is 0.420 e. The van der Waals surface area contributed by atoms with Crippen LogP contribution in [0, 0.1) is 11.3 Å². The topological polar surface area (TPSA) is 96.2 Å². The van der Waals surface area contributed by atoms with E-state index in [9.17, 15) is 18.0 Å². The van der Waals surface area contributed by atoms with Crippen molar-refractivity contribution in [2.75, 3.05) is 46.5 Å². The average Bonchev–Trinajstić information content (AvgIpc) is 3.26. The van der Waals surface area contributed by atoms with E-state index in [0.717, 1.165) is 51.4 Å². The first-order valence-corrected chi connectivity index (χ1v) is 12.6. The zero-order valence-corrected chi connectivity index (χ0v) is 21.3. The monoisotopic (exact) mass is 546 g/mol. The molecule has 38 heavy (non-hydrogen) atoms. The van der Waals surface area contributed by atoms with E-state index >= 15 is 0 Å². The number of halogens is 3. The maximum Gasteiger partial charge on any atom is 0.420 e. The Labute approximate surface area is 222 Å². The van der Waals surface area contributed by atoms with E-state index in [0.29, 0.717) is 22.2 Å². The molecule has 0 aliphatic carbocycles. The highest BCUT2D eigenvalue weighted by Gasteiger charge is 2.35. The Morgan fingerprint density at radius 2 is 1.95 bits per heavy atom. The molecule has 0 spiro atoms. The Kier molecular flexibility index (Phi) is 8.93. The number of amidine groups is 1. The van der Waals surface area contributed by atoms with Gasteiger partial charge in [0.25, 0.3) is 5.91 Å². The highest BCUT2D eigenvalue weighted by molar-refractivity contribution is 8.18. The fourth-order valence-electron chi connectivity index (χ4n) is 3.85. The molecule has 2 heterocycles. The summed E-state index contributed by atoms with van der Waals surface area (Å²) in [6.07, 6.45) is -2.18. The molecule has 0 radical (unpaired) electrons. The van der Waals surface area contributed by atoms with Gasteiger partial charge >= 0.3 is 6.18 Å². The molecule has 1 saturated heterocycles. The predicted molar refractivity (Wildman–Crippen MR) is 137 cm³/mol. The van der Waals surface area contributed by atoms with E-state index in [-0.39, 0.29) is 23.0 Å². The van der Waals surface area contributed by atoms with Crippen molar-refractivity contribution in [1.29, 1.82) is 5.26 Å². The molecular formula is C26H25F3N4O4S. The Morgan fingerprint density at radius 3 is 2.66 bits per heavy atom. The van der Waals surface area contributed by atoms with Crippen LogP contribution >= 0.6 is 11.8 Å². The molecule has 2 aromatic carbocycles. The summed E-state index contributed by atoms with van der Waals surface area (Å²) in [5.41, 5.74) is -0.616. The molecule has 1 amide bonds. The second-order valence-corrected chi connectivity index (χ2v) is 9.43. The van der Waals surface area contributed by atoms with Gasteiger partial charge in [0.1, 0.15) is 5.75 Å². The maximum atomic E-state index is 13.5. The van der Waals surface area contributed by atoms with Crippen LogP contribution in [-0.2, 0) is 15.7 Å². The fraction of sp³-hybridized carbons (Fsp3) is 0.346. The van der Waals surface area contributed by atoms with Crippen LogP contribution in [0.1, 0.15) is 23.1 Å². The summed E-state index contributed by atoms with van der Waals surface area (Å²) in [4.78, 5) is 19.2. The minimum absolute atomic E-state index is 0.0501. The molecule has 0 unspecified atom stereocenters. The number of carbonyl (C=O) groups excluding carboxylic acids is 1. The lowest BCUT2D eigenvalue weighted by molar-refractivity contribution is -0.138. The number of rotatable bonds is 8. The number of morpholine rings is 1. The van der Waals surface area contributed by atoms with Gasteiger partial charge in [0, 0.05) is 19.6 Å². The molecule has 8 nitrogen and oxygen atoms in total. The quantitative estimate of drug-likeness (QED) is 0.377. The van der Waals surface area contributed by atoms with Crippen molar-refractivity contribution >= 4 is 28.9 Å². The van der Waals surface area contributed by atoms with Crippen LogP contribution in [0.5, 0.6) is 17.2 Å². The predicted octanol–water partition coefficient (Wildman–Crippen LogP) is 4.66. The molecule has 1 N–H and O–H groups in total. The number of methoxy groups -OCH3 is 1. The summed E-state index contributed by atoms with van der Waals surface area (Å²) in [6, 6.07) is 9.38. The largest absolute Gasteiger partial charge is 0.493 e. The minimum atomic E-state index is -4.71. The van der Waals surface area contributed by atoms with Crippen LogP contribution in [-0.4, -0.2) is 62.5 Å². The van der Waals surface area contributed by atoms with Crippen molar-refractivity contribution in [3.63, 3.8) is 0 Å². The zero-order chi connectivity index (χ0) is 27.1. The summed E-state index contributed by atoms with van der Waals surface area (Å²) in [5, 5.41) is 12.7. The van der Waals surface area contributed by atoms with Gasteiger partial charge in [0.05, 0.1) is 42.4 Å². The first-order chi connectivity index (χ1) is 18.3. The van der Waals surface area contributed by atoms with Crippen LogP contribution in [0.4, 0.5) is 13.2 Å². The number of hydrogen-bond acceptors (Lipinski definition) is 8. The van der Waals surface area contributed by atoms with Crippen molar-refractivity contribution in [2.24, 2.45) is 4.99 Å². The molecule has 1 fully saturated rings. The number of aliphatic imine (C=N–C) groups is 1. The number of carbonyl (C=O) groups is 1. The van der Waals surface area contributed by atoms with E-state index < -0.39 is 17.5 Å². The maximum absolute atomic E-state index is 13.5. The number of thioether (sulfide) groups is 1. The van der Waals surface area contributed by atoms with Gasteiger partial charge in [-0.25, -0.2) is 0 Å². The SMILES string of the molecule is COc1cc(C=C2SC(NCCCN3CCOCC3)=NC2=O)ccc1Oc1ccc(C#N)cc1C(F)(F)F. The average molecular weight is 547 g/mol. The lowest BCUT2D eigenvalue weighted by Gasteiger charge is -2.26. The Morgan fingerprint density at radius 1 is 1.18 bits per heavy atom. The normalized spacial score (nSPS) is 17.3.